The quantitative estimate of drug-likeness (QED) is 0.741. The summed E-state index contributed by atoms with van der Waals surface area (Å²) in [5.41, 5.74) is 7.36. The van der Waals surface area contributed by atoms with Crippen LogP contribution in [-0.2, 0) is 0 Å². The van der Waals surface area contributed by atoms with Gasteiger partial charge in [-0.05, 0) is 50.5 Å². The number of aryl methyl sites for hydroxylation is 1. The lowest BCUT2D eigenvalue weighted by Crippen LogP contribution is -2.45. The number of nitrogen functional groups attached to an aromatic ring is 1. The summed E-state index contributed by atoms with van der Waals surface area (Å²) >= 11 is 0. The van der Waals surface area contributed by atoms with Gasteiger partial charge in [-0.15, -0.1) is 0 Å². The van der Waals surface area contributed by atoms with E-state index in [0.717, 1.165) is 5.56 Å². The topological polar surface area (TPSA) is 66.6 Å². The van der Waals surface area contributed by atoms with E-state index in [2.05, 4.69) is 0 Å². The van der Waals surface area contributed by atoms with Gasteiger partial charge in [0.05, 0.1) is 5.60 Å². The van der Waals surface area contributed by atoms with Crippen LogP contribution >= 0.6 is 0 Å². The molecule has 0 bridgehead atoms. The second kappa shape index (κ2) is 4.61. The molecule has 0 unspecified atom stereocenters. The van der Waals surface area contributed by atoms with Crippen molar-refractivity contribution >= 4 is 11.6 Å². The highest BCUT2D eigenvalue weighted by molar-refractivity contribution is 5.95. The third-order valence-corrected chi connectivity index (χ3v) is 3.47. The minimum Gasteiger partial charge on any atom is -0.399 e. The zero-order valence-corrected chi connectivity index (χ0v) is 10.9. The molecular weight excluding hydrogens is 228 g/mol. The van der Waals surface area contributed by atoms with Gasteiger partial charge in [-0.1, -0.05) is 0 Å². The number of likely N-dealkylation sites (tertiary alicyclic amines) is 1. The third kappa shape index (κ3) is 2.82. The van der Waals surface area contributed by atoms with Gasteiger partial charge >= 0.3 is 0 Å². The van der Waals surface area contributed by atoms with Crippen LogP contribution in [0.3, 0.4) is 0 Å². The maximum Gasteiger partial charge on any atom is 0.253 e. The Labute approximate surface area is 107 Å². The number of nitrogens with zero attached hydrogens (tertiary/aromatic N) is 1. The third-order valence-electron chi connectivity index (χ3n) is 3.47. The van der Waals surface area contributed by atoms with Crippen molar-refractivity contribution in [2.24, 2.45) is 0 Å². The molecule has 1 fully saturated rings. The average molecular weight is 248 g/mol. The van der Waals surface area contributed by atoms with Crippen LogP contribution in [0.25, 0.3) is 0 Å². The smallest absolute Gasteiger partial charge is 0.253 e. The molecule has 1 aromatic carbocycles. The number of piperidine rings is 1. The van der Waals surface area contributed by atoms with E-state index in [1.54, 1.807) is 11.0 Å². The van der Waals surface area contributed by atoms with Gasteiger partial charge in [-0.25, -0.2) is 0 Å². The molecule has 4 heteroatoms. The Kier molecular flexibility index (Phi) is 3.30. The van der Waals surface area contributed by atoms with E-state index in [1.165, 1.54) is 0 Å². The largest absolute Gasteiger partial charge is 0.399 e. The summed E-state index contributed by atoms with van der Waals surface area (Å²) < 4.78 is 0. The highest BCUT2D eigenvalue weighted by atomic mass is 16.3. The molecule has 0 saturated carbocycles. The van der Waals surface area contributed by atoms with Gasteiger partial charge in [0.15, 0.2) is 0 Å². The number of hydrogen-bond donors (Lipinski definition) is 2. The zero-order chi connectivity index (χ0) is 13.3. The van der Waals surface area contributed by atoms with Crippen molar-refractivity contribution in [1.82, 2.24) is 4.90 Å². The Balaban J connectivity index is 2.12. The number of carbonyl (C=O) groups excluding carboxylic acids is 1. The Bertz CT molecular complexity index is 439. The Hall–Kier alpha value is -1.55. The van der Waals surface area contributed by atoms with Crippen LogP contribution in [0.1, 0.15) is 35.7 Å². The molecule has 1 saturated heterocycles. The van der Waals surface area contributed by atoms with Crippen molar-refractivity contribution in [3.05, 3.63) is 29.3 Å². The summed E-state index contributed by atoms with van der Waals surface area (Å²) in [6.45, 7) is 4.94. The molecule has 2 rings (SSSR count). The summed E-state index contributed by atoms with van der Waals surface area (Å²) in [6.07, 6.45) is 1.25. The van der Waals surface area contributed by atoms with Gasteiger partial charge in [0.1, 0.15) is 0 Å². The molecule has 98 valence electrons. The number of carbonyl (C=O) groups is 1. The van der Waals surface area contributed by atoms with Gasteiger partial charge < -0.3 is 15.7 Å². The number of amides is 1. The van der Waals surface area contributed by atoms with E-state index in [9.17, 15) is 9.90 Å². The standard InChI is InChI=1S/C14H20N2O2/c1-10-7-11(9-12(15)8-10)13(17)16-5-3-14(2,18)4-6-16/h7-9,18H,3-6,15H2,1-2H3. The minimum atomic E-state index is -0.636. The fourth-order valence-electron chi connectivity index (χ4n) is 2.31. The Morgan fingerprint density at radius 1 is 1.33 bits per heavy atom. The molecule has 1 amide bonds. The Morgan fingerprint density at radius 2 is 1.94 bits per heavy atom. The normalized spacial score (nSPS) is 18.7. The number of anilines is 1. The Morgan fingerprint density at radius 3 is 2.50 bits per heavy atom. The van der Waals surface area contributed by atoms with Gasteiger partial charge in [0, 0.05) is 24.3 Å². The predicted molar refractivity (Wildman–Crippen MR) is 71.4 cm³/mol. The first-order valence-electron chi connectivity index (χ1n) is 6.26. The number of nitrogens with two attached hydrogens (primary N) is 1. The van der Waals surface area contributed by atoms with Crippen molar-refractivity contribution in [3.63, 3.8) is 0 Å². The molecule has 1 aliphatic rings. The molecule has 0 atom stereocenters. The molecule has 0 aliphatic carbocycles. The lowest BCUT2D eigenvalue weighted by molar-refractivity contribution is -0.00202. The van der Waals surface area contributed by atoms with Crippen LogP contribution in [0.15, 0.2) is 18.2 Å². The minimum absolute atomic E-state index is 0.000833. The SMILES string of the molecule is Cc1cc(N)cc(C(=O)N2CCC(C)(O)CC2)c1. The number of hydrogen-bond acceptors (Lipinski definition) is 3. The molecule has 0 aromatic heterocycles. The fraction of sp³-hybridized carbons (Fsp3) is 0.500. The number of benzene rings is 1. The zero-order valence-electron chi connectivity index (χ0n) is 10.9. The fourth-order valence-corrected chi connectivity index (χ4v) is 2.31. The molecule has 18 heavy (non-hydrogen) atoms. The lowest BCUT2D eigenvalue weighted by Gasteiger charge is -2.35. The molecule has 1 aliphatic heterocycles. The summed E-state index contributed by atoms with van der Waals surface area (Å²) in [4.78, 5) is 14.1. The van der Waals surface area contributed by atoms with Crippen LogP contribution < -0.4 is 5.73 Å². The highest BCUT2D eigenvalue weighted by Gasteiger charge is 2.29. The molecule has 0 spiro atoms. The van der Waals surface area contributed by atoms with E-state index in [-0.39, 0.29) is 5.91 Å². The maximum atomic E-state index is 12.3. The summed E-state index contributed by atoms with van der Waals surface area (Å²) in [5, 5.41) is 9.87. The molecule has 1 heterocycles. The van der Waals surface area contributed by atoms with Crippen molar-refractivity contribution in [3.8, 4) is 0 Å². The van der Waals surface area contributed by atoms with Crippen molar-refractivity contribution in [1.29, 1.82) is 0 Å². The molecular formula is C14H20N2O2. The lowest BCUT2D eigenvalue weighted by atomic mass is 9.93. The van der Waals surface area contributed by atoms with E-state index >= 15 is 0 Å². The monoisotopic (exact) mass is 248 g/mol. The first kappa shape index (κ1) is 12.9. The number of aliphatic hydroxyl groups is 1. The summed E-state index contributed by atoms with van der Waals surface area (Å²) in [7, 11) is 0. The van der Waals surface area contributed by atoms with Crippen LogP contribution in [0, 0.1) is 6.92 Å². The maximum absolute atomic E-state index is 12.3. The van der Waals surface area contributed by atoms with Crippen LogP contribution in [0.5, 0.6) is 0 Å². The van der Waals surface area contributed by atoms with Crippen molar-refractivity contribution < 1.29 is 9.90 Å². The molecule has 4 nitrogen and oxygen atoms in total. The summed E-state index contributed by atoms with van der Waals surface area (Å²) in [5.74, 6) is 0.000833. The molecule has 3 N–H and O–H groups in total. The van der Waals surface area contributed by atoms with Gasteiger partial charge in [0.2, 0.25) is 0 Å². The summed E-state index contributed by atoms with van der Waals surface area (Å²) in [6, 6.07) is 5.41. The van der Waals surface area contributed by atoms with E-state index in [0.29, 0.717) is 37.2 Å². The number of rotatable bonds is 1. The van der Waals surface area contributed by atoms with Crippen LogP contribution in [0.4, 0.5) is 5.69 Å². The van der Waals surface area contributed by atoms with E-state index in [4.69, 9.17) is 5.73 Å². The van der Waals surface area contributed by atoms with Gasteiger partial charge in [-0.3, -0.25) is 4.79 Å². The first-order valence-corrected chi connectivity index (χ1v) is 6.26. The first-order chi connectivity index (χ1) is 8.37. The average Bonchev–Trinajstić information content (AvgIpc) is 2.27. The van der Waals surface area contributed by atoms with Gasteiger partial charge in [-0.2, -0.15) is 0 Å². The highest BCUT2D eigenvalue weighted by Crippen LogP contribution is 2.23. The van der Waals surface area contributed by atoms with Crippen LogP contribution in [0.2, 0.25) is 0 Å². The molecule has 1 aromatic rings. The van der Waals surface area contributed by atoms with Crippen molar-refractivity contribution in [2.45, 2.75) is 32.3 Å². The van der Waals surface area contributed by atoms with Crippen molar-refractivity contribution in [2.75, 3.05) is 18.8 Å². The van der Waals surface area contributed by atoms with Gasteiger partial charge in [0.25, 0.3) is 5.91 Å². The van der Waals surface area contributed by atoms with E-state index < -0.39 is 5.60 Å². The van der Waals surface area contributed by atoms with Crippen LogP contribution in [-0.4, -0.2) is 34.6 Å². The predicted octanol–water partition coefficient (Wildman–Crippen LogP) is 1.56. The molecule has 0 radical (unpaired) electrons. The second-order valence-electron chi connectivity index (χ2n) is 5.42. The second-order valence-corrected chi connectivity index (χ2v) is 5.42. The van der Waals surface area contributed by atoms with E-state index in [1.807, 2.05) is 26.0 Å².